The number of rotatable bonds is 12. The average molecular weight is 455 g/mol. The van der Waals surface area contributed by atoms with Crippen LogP contribution in [0.25, 0.3) is 0 Å². The third kappa shape index (κ3) is 7.18. The first-order valence-electron chi connectivity index (χ1n) is 11.0. The summed E-state index contributed by atoms with van der Waals surface area (Å²) in [6.07, 6.45) is 8.86. The van der Waals surface area contributed by atoms with Crippen LogP contribution in [0.4, 0.5) is 5.69 Å². The lowest BCUT2D eigenvalue weighted by molar-refractivity contribution is -0.385. The maximum Gasteiger partial charge on any atom is 0.281 e. The van der Waals surface area contributed by atoms with E-state index in [9.17, 15) is 24.9 Å². The lowest BCUT2D eigenvalue weighted by Gasteiger charge is -2.29. The van der Waals surface area contributed by atoms with Gasteiger partial charge in [0.2, 0.25) is 5.91 Å². The first-order chi connectivity index (χ1) is 14.9. The van der Waals surface area contributed by atoms with E-state index >= 15 is 0 Å². The number of halogens is 1. The first-order valence-corrected chi connectivity index (χ1v) is 11.4. The van der Waals surface area contributed by atoms with Gasteiger partial charge in [-0.3, -0.25) is 24.9 Å². The molecule has 0 heterocycles. The monoisotopic (exact) mass is 454 g/mol. The van der Waals surface area contributed by atoms with Crippen molar-refractivity contribution >= 4 is 29.5 Å². The Kier molecular flexibility index (Phi) is 10.2. The van der Waals surface area contributed by atoms with Crippen molar-refractivity contribution in [1.82, 2.24) is 5.06 Å². The summed E-state index contributed by atoms with van der Waals surface area (Å²) in [5.41, 5.74) is -0.578. The summed E-state index contributed by atoms with van der Waals surface area (Å²) < 4.78 is 5.98. The second kappa shape index (κ2) is 12.6. The molecule has 1 aromatic rings. The molecule has 0 saturated heterocycles. The van der Waals surface area contributed by atoms with E-state index in [1.54, 1.807) is 0 Å². The number of amides is 1. The van der Waals surface area contributed by atoms with Crippen LogP contribution in [0.2, 0.25) is 5.02 Å². The largest absolute Gasteiger partial charge is 0.489 e. The number of hydrogen-bond donors (Lipinski definition) is 1. The van der Waals surface area contributed by atoms with Gasteiger partial charge in [-0.2, -0.15) is 0 Å². The molecule has 0 aliphatic heterocycles. The molecule has 172 valence electrons. The third-order valence-electron chi connectivity index (χ3n) is 5.70. The average Bonchev–Trinajstić information content (AvgIpc) is 2.78. The Morgan fingerprint density at radius 3 is 2.61 bits per heavy atom. The summed E-state index contributed by atoms with van der Waals surface area (Å²) >= 11 is 6.19. The molecule has 1 unspecified atom stereocenters. The molecular weight excluding hydrogens is 424 g/mol. The molecule has 1 fully saturated rings. The number of benzene rings is 1. The Morgan fingerprint density at radius 1 is 1.32 bits per heavy atom. The molecule has 1 saturated carbocycles. The Bertz CT molecular complexity index is 767. The van der Waals surface area contributed by atoms with Gasteiger partial charge in [0.25, 0.3) is 5.69 Å². The number of nitro benzene ring substituents is 1. The van der Waals surface area contributed by atoms with Gasteiger partial charge in [-0.15, -0.1) is 0 Å². The lowest BCUT2D eigenvalue weighted by Crippen LogP contribution is -2.38. The van der Waals surface area contributed by atoms with Crippen molar-refractivity contribution in [2.24, 2.45) is 0 Å². The van der Waals surface area contributed by atoms with Crippen molar-refractivity contribution in [3.63, 3.8) is 0 Å². The molecule has 0 radical (unpaired) electrons. The highest BCUT2D eigenvalue weighted by atomic mass is 35.5. The van der Waals surface area contributed by atoms with Crippen LogP contribution in [-0.4, -0.2) is 39.5 Å². The van der Waals surface area contributed by atoms with E-state index in [2.05, 4.69) is 6.92 Å². The molecular formula is C22H31ClN2O6. The summed E-state index contributed by atoms with van der Waals surface area (Å²) in [7, 11) is 0. The Labute approximate surface area is 187 Å². The Hall–Kier alpha value is -2.19. The molecule has 1 aromatic carbocycles. The van der Waals surface area contributed by atoms with Crippen molar-refractivity contribution in [3.8, 4) is 5.75 Å². The summed E-state index contributed by atoms with van der Waals surface area (Å²) in [6, 6.07) is 2.52. The van der Waals surface area contributed by atoms with Crippen LogP contribution < -0.4 is 4.74 Å². The molecule has 1 aliphatic rings. The lowest BCUT2D eigenvalue weighted by atomic mass is 9.95. The minimum Gasteiger partial charge on any atom is -0.489 e. The number of ether oxygens (including phenoxy) is 1. The van der Waals surface area contributed by atoms with Gasteiger partial charge in [0, 0.05) is 12.5 Å². The van der Waals surface area contributed by atoms with E-state index in [0.717, 1.165) is 56.4 Å². The van der Waals surface area contributed by atoms with Gasteiger partial charge in [0.1, 0.15) is 16.3 Å². The van der Waals surface area contributed by atoms with Crippen molar-refractivity contribution in [1.29, 1.82) is 0 Å². The Balaban J connectivity index is 1.98. The quantitative estimate of drug-likeness (QED) is 0.187. The zero-order valence-electron chi connectivity index (χ0n) is 17.9. The number of hydrogen-bond acceptors (Lipinski definition) is 6. The van der Waals surface area contributed by atoms with Crippen LogP contribution in [-0.2, 0) is 4.79 Å². The molecule has 1 N–H and O–H groups in total. The zero-order valence-corrected chi connectivity index (χ0v) is 18.7. The van der Waals surface area contributed by atoms with Crippen molar-refractivity contribution in [3.05, 3.63) is 32.8 Å². The van der Waals surface area contributed by atoms with Crippen LogP contribution in [0.15, 0.2) is 12.1 Å². The first kappa shape index (κ1) is 25.1. The van der Waals surface area contributed by atoms with Crippen molar-refractivity contribution < 1.29 is 24.5 Å². The minimum atomic E-state index is -0.660. The number of carbonyl (C=O) groups excluding carboxylic acids is 2. The molecule has 0 bridgehead atoms. The highest BCUT2D eigenvalue weighted by Gasteiger charge is 2.25. The van der Waals surface area contributed by atoms with Gasteiger partial charge in [-0.1, -0.05) is 50.6 Å². The predicted molar refractivity (Wildman–Crippen MR) is 117 cm³/mol. The van der Waals surface area contributed by atoms with E-state index in [4.69, 9.17) is 16.3 Å². The summed E-state index contributed by atoms with van der Waals surface area (Å²) in [4.78, 5) is 34.1. The second-order valence-corrected chi connectivity index (χ2v) is 8.37. The zero-order chi connectivity index (χ0) is 22.8. The van der Waals surface area contributed by atoms with Crippen molar-refractivity contribution in [2.45, 2.75) is 89.7 Å². The van der Waals surface area contributed by atoms with Gasteiger partial charge >= 0.3 is 0 Å². The maximum atomic E-state index is 12.3. The van der Waals surface area contributed by atoms with Crippen LogP contribution >= 0.6 is 11.6 Å². The highest BCUT2D eigenvalue weighted by Crippen LogP contribution is 2.35. The van der Waals surface area contributed by atoms with Gasteiger partial charge in [0.15, 0.2) is 6.29 Å². The number of nitro groups is 1. The van der Waals surface area contributed by atoms with Crippen LogP contribution in [0.1, 0.15) is 87.9 Å². The molecule has 8 nitrogen and oxygen atoms in total. The van der Waals surface area contributed by atoms with Gasteiger partial charge in [0.05, 0.1) is 17.1 Å². The van der Waals surface area contributed by atoms with Crippen LogP contribution in [0, 0.1) is 10.1 Å². The number of carbonyl (C=O) groups is 2. The smallest absolute Gasteiger partial charge is 0.281 e. The van der Waals surface area contributed by atoms with E-state index in [1.807, 2.05) is 0 Å². The topological polar surface area (TPSA) is 110 Å². The summed E-state index contributed by atoms with van der Waals surface area (Å²) in [6.45, 7) is 2.05. The fourth-order valence-electron chi connectivity index (χ4n) is 3.92. The highest BCUT2D eigenvalue weighted by molar-refractivity contribution is 6.34. The minimum absolute atomic E-state index is 0.0828. The summed E-state index contributed by atoms with van der Waals surface area (Å²) in [5, 5.41) is 22.1. The normalized spacial score (nSPS) is 15.3. The van der Waals surface area contributed by atoms with E-state index < -0.39 is 4.92 Å². The van der Waals surface area contributed by atoms with E-state index in [1.165, 1.54) is 12.1 Å². The molecule has 2 rings (SSSR count). The molecule has 31 heavy (non-hydrogen) atoms. The molecule has 1 amide bonds. The molecule has 9 heteroatoms. The van der Waals surface area contributed by atoms with Crippen molar-refractivity contribution in [2.75, 3.05) is 0 Å². The molecule has 1 aliphatic carbocycles. The van der Waals surface area contributed by atoms with E-state index in [-0.39, 0.29) is 46.5 Å². The summed E-state index contributed by atoms with van der Waals surface area (Å²) in [5.74, 6) is -0.0643. The SMILES string of the molecule is CCCCC(CCCC(=O)N(O)C1CCCCC1)Oc1ccc([N+](=O)[O-])c(C=O)c1Cl. The van der Waals surface area contributed by atoms with E-state index in [0.29, 0.717) is 19.1 Å². The standard InChI is InChI=1S/C22H31ClN2O6/c1-2-3-10-17(11-7-12-21(27)24(28)16-8-5-4-6-9-16)31-20-14-13-19(25(29)30)18(15-26)22(20)23/h13-17,28H,2-12H2,1H3. The van der Waals surface area contributed by atoms with Gasteiger partial charge < -0.3 is 4.74 Å². The van der Waals surface area contributed by atoms with Gasteiger partial charge in [-0.05, 0) is 38.2 Å². The fourth-order valence-corrected chi connectivity index (χ4v) is 4.17. The fraction of sp³-hybridized carbons (Fsp3) is 0.636. The van der Waals surface area contributed by atoms with Crippen LogP contribution in [0.3, 0.4) is 0 Å². The number of aldehydes is 1. The molecule has 0 spiro atoms. The van der Waals surface area contributed by atoms with Gasteiger partial charge in [-0.25, -0.2) is 5.06 Å². The predicted octanol–water partition coefficient (Wildman–Crippen LogP) is 5.72. The number of nitrogens with zero attached hydrogens (tertiary/aromatic N) is 2. The number of unbranched alkanes of at least 4 members (excludes halogenated alkanes) is 1. The Morgan fingerprint density at radius 2 is 2.00 bits per heavy atom. The van der Waals surface area contributed by atoms with Crippen LogP contribution in [0.5, 0.6) is 5.75 Å². The molecule has 0 aromatic heterocycles. The number of hydroxylamine groups is 2. The molecule has 1 atom stereocenters. The maximum absolute atomic E-state index is 12.3. The second-order valence-electron chi connectivity index (χ2n) is 7.99. The third-order valence-corrected chi connectivity index (χ3v) is 6.09.